The minimum absolute atomic E-state index is 0.245. The van der Waals surface area contributed by atoms with Crippen molar-refractivity contribution in [1.29, 1.82) is 0 Å². The Morgan fingerprint density at radius 3 is 2.41 bits per heavy atom. The Bertz CT molecular complexity index is 1300. The van der Waals surface area contributed by atoms with Gasteiger partial charge in [0.1, 0.15) is 0 Å². The highest BCUT2D eigenvalue weighted by atomic mass is 35.5. The van der Waals surface area contributed by atoms with Crippen LogP contribution in [-0.4, -0.2) is 16.2 Å². The summed E-state index contributed by atoms with van der Waals surface area (Å²) in [6.07, 6.45) is 0. The van der Waals surface area contributed by atoms with Crippen LogP contribution in [0, 0.1) is 0 Å². The number of nitrogens with one attached hydrogen (secondary N) is 1. The predicted molar refractivity (Wildman–Crippen MR) is 124 cm³/mol. The normalized spacial score (nSPS) is 16.2. The van der Waals surface area contributed by atoms with Crippen molar-refractivity contribution in [2.24, 2.45) is 0 Å². The summed E-state index contributed by atoms with van der Waals surface area (Å²) in [5.74, 6) is 0.821. The molecule has 1 atom stereocenters. The molecule has 2 amide bonds. The fourth-order valence-corrected chi connectivity index (χ4v) is 4.08. The molecule has 1 aliphatic heterocycles. The van der Waals surface area contributed by atoms with Crippen LogP contribution >= 0.6 is 11.6 Å². The van der Waals surface area contributed by atoms with Gasteiger partial charge in [0.05, 0.1) is 17.3 Å². The zero-order valence-electron chi connectivity index (χ0n) is 17.2. The SMILES string of the molecule is CC1=C(c2nc(-c3ccccc3)no2)C(c2cccc(Cl)c2)NC(=O)N1c1ccccc1. The number of benzene rings is 3. The zero-order chi connectivity index (χ0) is 22.1. The van der Waals surface area contributed by atoms with E-state index in [0.717, 1.165) is 16.8 Å². The summed E-state index contributed by atoms with van der Waals surface area (Å²) in [5.41, 5.74) is 3.83. The molecule has 0 saturated carbocycles. The number of nitrogens with zero attached hydrogens (tertiary/aromatic N) is 3. The van der Waals surface area contributed by atoms with E-state index in [2.05, 4.69) is 15.5 Å². The van der Waals surface area contributed by atoms with E-state index in [0.29, 0.717) is 28.0 Å². The van der Waals surface area contributed by atoms with Gasteiger partial charge in [-0.15, -0.1) is 0 Å². The molecule has 7 heteroatoms. The number of hydrogen-bond donors (Lipinski definition) is 1. The minimum Gasteiger partial charge on any atom is -0.334 e. The minimum atomic E-state index is -0.495. The lowest BCUT2D eigenvalue weighted by atomic mass is 9.94. The van der Waals surface area contributed by atoms with E-state index in [1.165, 1.54) is 0 Å². The maximum Gasteiger partial charge on any atom is 0.326 e. The largest absolute Gasteiger partial charge is 0.334 e. The van der Waals surface area contributed by atoms with Gasteiger partial charge in [0.15, 0.2) is 0 Å². The van der Waals surface area contributed by atoms with Crippen molar-refractivity contribution in [1.82, 2.24) is 15.5 Å². The van der Waals surface area contributed by atoms with Crippen molar-refractivity contribution in [2.75, 3.05) is 4.90 Å². The lowest BCUT2D eigenvalue weighted by Gasteiger charge is -2.35. The molecule has 0 aliphatic carbocycles. The van der Waals surface area contributed by atoms with Gasteiger partial charge in [0.25, 0.3) is 5.89 Å². The molecule has 6 nitrogen and oxygen atoms in total. The van der Waals surface area contributed by atoms with Crippen LogP contribution in [0.5, 0.6) is 0 Å². The van der Waals surface area contributed by atoms with E-state index in [1.807, 2.05) is 85.8 Å². The van der Waals surface area contributed by atoms with Gasteiger partial charge in [0.2, 0.25) is 5.82 Å². The van der Waals surface area contributed by atoms with Gasteiger partial charge in [-0.3, -0.25) is 4.90 Å². The average Bonchev–Trinajstić information content (AvgIpc) is 3.30. The summed E-state index contributed by atoms with van der Waals surface area (Å²) >= 11 is 6.25. The Hall–Kier alpha value is -3.90. The first-order valence-electron chi connectivity index (χ1n) is 10.1. The third-order valence-electron chi connectivity index (χ3n) is 5.37. The Kier molecular flexibility index (Phi) is 5.21. The zero-order valence-corrected chi connectivity index (χ0v) is 18.0. The number of para-hydroxylation sites is 1. The first-order valence-corrected chi connectivity index (χ1v) is 10.5. The molecule has 0 spiro atoms. The topological polar surface area (TPSA) is 71.3 Å². The number of aromatic nitrogens is 2. The molecule has 1 aliphatic rings. The number of allylic oxidation sites excluding steroid dienone is 1. The third kappa shape index (κ3) is 3.65. The van der Waals surface area contributed by atoms with E-state index in [4.69, 9.17) is 16.1 Å². The molecule has 158 valence electrons. The van der Waals surface area contributed by atoms with Crippen LogP contribution in [0.3, 0.4) is 0 Å². The van der Waals surface area contributed by atoms with Gasteiger partial charge in [0, 0.05) is 16.3 Å². The van der Waals surface area contributed by atoms with Crippen molar-refractivity contribution >= 4 is 28.9 Å². The van der Waals surface area contributed by atoms with Crippen molar-refractivity contribution in [2.45, 2.75) is 13.0 Å². The van der Waals surface area contributed by atoms with Crippen LogP contribution in [0.1, 0.15) is 24.4 Å². The van der Waals surface area contributed by atoms with Crippen molar-refractivity contribution in [3.8, 4) is 11.4 Å². The van der Waals surface area contributed by atoms with Gasteiger partial charge in [-0.05, 0) is 36.8 Å². The van der Waals surface area contributed by atoms with Crippen LogP contribution in [0.15, 0.2) is 95.1 Å². The van der Waals surface area contributed by atoms with Crippen molar-refractivity contribution in [3.05, 3.63) is 107 Å². The molecule has 32 heavy (non-hydrogen) atoms. The Morgan fingerprint density at radius 1 is 0.969 bits per heavy atom. The van der Waals surface area contributed by atoms with E-state index < -0.39 is 6.04 Å². The number of anilines is 1. The molecular formula is C25H19ClN4O2. The predicted octanol–water partition coefficient (Wildman–Crippen LogP) is 6.09. The number of hydrogen-bond acceptors (Lipinski definition) is 4. The number of rotatable bonds is 4. The molecule has 1 unspecified atom stereocenters. The molecule has 4 aromatic rings. The Balaban J connectivity index is 1.67. The summed E-state index contributed by atoms with van der Waals surface area (Å²) in [4.78, 5) is 19.4. The summed E-state index contributed by atoms with van der Waals surface area (Å²) in [7, 11) is 0. The van der Waals surface area contributed by atoms with Crippen molar-refractivity contribution in [3.63, 3.8) is 0 Å². The van der Waals surface area contributed by atoms with Crippen LogP contribution in [0.4, 0.5) is 10.5 Å². The molecule has 1 aromatic heterocycles. The highest BCUT2D eigenvalue weighted by Gasteiger charge is 2.36. The second-order valence-electron chi connectivity index (χ2n) is 7.40. The van der Waals surface area contributed by atoms with E-state index in [9.17, 15) is 4.79 Å². The van der Waals surface area contributed by atoms with E-state index in [-0.39, 0.29) is 6.03 Å². The van der Waals surface area contributed by atoms with Crippen molar-refractivity contribution < 1.29 is 9.32 Å². The molecule has 0 bridgehead atoms. The Morgan fingerprint density at radius 2 is 1.69 bits per heavy atom. The molecule has 0 fully saturated rings. The number of carbonyl (C=O) groups is 1. The lowest BCUT2D eigenvalue weighted by Crippen LogP contribution is -2.46. The second-order valence-corrected chi connectivity index (χ2v) is 7.83. The van der Waals surface area contributed by atoms with Gasteiger partial charge in [-0.25, -0.2) is 4.79 Å². The fourth-order valence-electron chi connectivity index (χ4n) is 3.88. The first-order chi connectivity index (χ1) is 15.6. The maximum atomic E-state index is 13.2. The Labute approximate surface area is 190 Å². The molecule has 1 N–H and O–H groups in total. The van der Waals surface area contributed by atoms with Gasteiger partial charge >= 0.3 is 6.03 Å². The number of amides is 2. The van der Waals surface area contributed by atoms with Crippen LogP contribution in [0.25, 0.3) is 17.0 Å². The smallest absolute Gasteiger partial charge is 0.326 e. The maximum absolute atomic E-state index is 13.2. The van der Waals surface area contributed by atoms with E-state index >= 15 is 0 Å². The number of halogens is 1. The number of carbonyl (C=O) groups excluding carboxylic acids is 1. The molecule has 3 aromatic carbocycles. The summed E-state index contributed by atoms with van der Waals surface area (Å²) in [5, 5.41) is 7.84. The van der Waals surface area contributed by atoms with Crippen LogP contribution in [0.2, 0.25) is 5.02 Å². The average molecular weight is 443 g/mol. The molecular weight excluding hydrogens is 424 g/mol. The third-order valence-corrected chi connectivity index (χ3v) is 5.60. The highest BCUT2D eigenvalue weighted by molar-refractivity contribution is 6.30. The monoisotopic (exact) mass is 442 g/mol. The molecule has 0 radical (unpaired) electrons. The summed E-state index contributed by atoms with van der Waals surface area (Å²) in [6.45, 7) is 1.88. The summed E-state index contributed by atoms with van der Waals surface area (Å²) < 4.78 is 5.70. The highest BCUT2D eigenvalue weighted by Crippen LogP contribution is 2.39. The van der Waals surface area contributed by atoms with E-state index in [1.54, 1.807) is 11.0 Å². The summed E-state index contributed by atoms with van der Waals surface area (Å²) in [6, 6.07) is 25.7. The molecule has 2 heterocycles. The molecule has 5 rings (SSSR count). The van der Waals surface area contributed by atoms with Crippen LogP contribution < -0.4 is 10.2 Å². The standard InChI is InChI=1S/C25H19ClN4O2/c1-16-21(24-28-23(29-32-24)17-9-4-2-5-10-17)22(18-11-8-12-19(26)15-18)27-25(31)30(16)20-13-6-3-7-14-20/h2-15,22H,1H3,(H,27,31). The lowest BCUT2D eigenvalue weighted by molar-refractivity contribution is 0.244. The second kappa shape index (κ2) is 8.32. The fraction of sp³-hybridized carbons (Fsp3) is 0.0800. The molecule has 0 saturated heterocycles. The van der Waals surface area contributed by atoms with Crippen LogP contribution in [-0.2, 0) is 0 Å². The first kappa shape index (κ1) is 20.0. The van der Waals surface area contributed by atoms with Gasteiger partial charge < -0.3 is 9.84 Å². The number of urea groups is 1. The van der Waals surface area contributed by atoms with Gasteiger partial charge in [-0.2, -0.15) is 4.98 Å². The van der Waals surface area contributed by atoms with Gasteiger partial charge in [-0.1, -0.05) is 77.4 Å². The quantitative estimate of drug-likeness (QED) is 0.415.